The van der Waals surface area contributed by atoms with E-state index < -0.39 is 0 Å². The molecule has 2 atom stereocenters. The summed E-state index contributed by atoms with van der Waals surface area (Å²) in [6.45, 7) is 1.56. The van der Waals surface area contributed by atoms with Gasteiger partial charge in [0.2, 0.25) is 0 Å². The number of fused-ring (bicyclic) bond motifs is 3. The third-order valence-electron chi connectivity index (χ3n) is 4.84. The number of aromatic hydroxyl groups is 1. The van der Waals surface area contributed by atoms with Crippen LogP contribution >= 0.6 is 0 Å². The Kier molecular flexibility index (Phi) is 2.47. The molecule has 19 heavy (non-hydrogen) atoms. The summed E-state index contributed by atoms with van der Waals surface area (Å²) >= 11 is 0. The van der Waals surface area contributed by atoms with Crippen molar-refractivity contribution in [2.24, 2.45) is 17.3 Å². The average Bonchev–Trinajstić information content (AvgIpc) is 3.02. The fraction of sp³-hybridized carbons (Fsp3) is 0.500. The number of benzene rings is 1. The van der Waals surface area contributed by atoms with E-state index in [1.807, 2.05) is 12.1 Å². The Labute approximate surface area is 112 Å². The Balaban J connectivity index is 1.48. The molecule has 3 heteroatoms. The van der Waals surface area contributed by atoms with Crippen LogP contribution in [-0.2, 0) is 9.47 Å². The molecule has 1 saturated carbocycles. The summed E-state index contributed by atoms with van der Waals surface area (Å²) in [5, 5.41) is 9.30. The number of hydrogen-bond donors (Lipinski definition) is 1. The monoisotopic (exact) mass is 258 g/mol. The first-order chi connectivity index (χ1) is 9.25. The quantitative estimate of drug-likeness (QED) is 0.787. The van der Waals surface area contributed by atoms with Crippen molar-refractivity contribution in [2.75, 3.05) is 13.2 Å². The van der Waals surface area contributed by atoms with Crippen LogP contribution in [0.5, 0.6) is 5.75 Å². The SMILES string of the molecule is Oc1ccc(C2OCC3(CO2)C[C@@H]2C=C[C@@H]3C2)cc1. The first-order valence-corrected chi connectivity index (χ1v) is 6.96. The van der Waals surface area contributed by atoms with Gasteiger partial charge < -0.3 is 14.6 Å². The first-order valence-electron chi connectivity index (χ1n) is 6.96. The van der Waals surface area contributed by atoms with Gasteiger partial charge in [0.25, 0.3) is 0 Å². The molecular formula is C16H18O3. The minimum atomic E-state index is -0.283. The summed E-state index contributed by atoms with van der Waals surface area (Å²) in [5.41, 5.74) is 1.19. The van der Waals surface area contributed by atoms with Gasteiger partial charge in [-0.1, -0.05) is 24.3 Å². The number of ether oxygens (including phenoxy) is 2. The first kappa shape index (κ1) is 11.5. The molecule has 3 aliphatic rings. The lowest BCUT2D eigenvalue weighted by molar-refractivity contribution is -0.239. The van der Waals surface area contributed by atoms with Crippen LogP contribution < -0.4 is 0 Å². The van der Waals surface area contributed by atoms with Gasteiger partial charge in [0.05, 0.1) is 13.2 Å². The van der Waals surface area contributed by atoms with Crippen LogP contribution in [0, 0.1) is 17.3 Å². The van der Waals surface area contributed by atoms with E-state index in [9.17, 15) is 5.11 Å². The number of allylic oxidation sites excluding steroid dienone is 2. The van der Waals surface area contributed by atoms with Gasteiger partial charge in [-0.05, 0) is 36.8 Å². The van der Waals surface area contributed by atoms with E-state index in [4.69, 9.17) is 9.47 Å². The Hall–Kier alpha value is -1.32. The molecular weight excluding hydrogens is 240 g/mol. The Bertz CT molecular complexity index is 497. The minimum absolute atomic E-state index is 0.215. The number of rotatable bonds is 1. The van der Waals surface area contributed by atoms with Crippen LogP contribution in [-0.4, -0.2) is 18.3 Å². The molecule has 0 aromatic heterocycles. The number of phenolic OH excluding ortho intramolecular Hbond substituents is 1. The maximum absolute atomic E-state index is 9.30. The van der Waals surface area contributed by atoms with Crippen molar-refractivity contribution in [1.29, 1.82) is 0 Å². The maximum atomic E-state index is 9.30. The maximum Gasteiger partial charge on any atom is 0.183 e. The normalized spacial score (nSPS) is 40.1. The van der Waals surface area contributed by atoms with Crippen molar-refractivity contribution in [1.82, 2.24) is 0 Å². The molecule has 1 saturated heterocycles. The zero-order valence-electron chi connectivity index (χ0n) is 10.8. The van der Waals surface area contributed by atoms with E-state index in [1.165, 1.54) is 12.8 Å². The van der Waals surface area contributed by atoms with Crippen molar-refractivity contribution in [3.63, 3.8) is 0 Å². The largest absolute Gasteiger partial charge is 0.508 e. The molecule has 1 spiro atoms. The van der Waals surface area contributed by atoms with E-state index in [2.05, 4.69) is 12.2 Å². The fourth-order valence-electron chi connectivity index (χ4n) is 3.78. The smallest absolute Gasteiger partial charge is 0.183 e. The molecule has 3 nitrogen and oxygen atoms in total. The van der Waals surface area contributed by atoms with E-state index in [0.717, 1.165) is 24.7 Å². The van der Waals surface area contributed by atoms with Crippen molar-refractivity contribution >= 4 is 0 Å². The number of hydrogen-bond acceptors (Lipinski definition) is 3. The number of phenols is 1. The third kappa shape index (κ3) is 1.80. The van der Waals surface area contributed by atoms with Crippen LogP contribution in [0.4, 0.5) is 0 Å². The highest BCUT2D eigenvalue weighted by atomic mass is 16.7. The molecule has 1 aromatic carbocycles. The minimum Gasteiger partial charge on any atom is -0.508 e. The molecule has 2 fully saturated rings. The van der Waals surface area contributed by atoms with Gasteiger partial charge in [0.1, 0.15) is 5.75 Å². The van der Waals surface area contributed by atoms with Crippen LogP contribution in [0.25, 0.3) is 0 Å². The Morgan fingerprint density at radius 3 is 2.37 bits per heavy atom. The summed E-state index contributed by atoms with van der Waals surface area (Å²) in [6, 6.07) is 7.07. The van der Waals surface area contributed by atoms with Crippen LogP contribution in [0.1, 0.15) is 24.7 Å². The molecule has 0 amide bonds. The highest BCUT2D eigenvalue weighted by molar-refractivity contribution is 5.27. The summed E-state index contributed by atoms with van der Waals surface area (Å²) in [4.78, 5) is 0. The van der Waals surface area contributed by atoms with E-state index in [0.29, 0.717) is 5.92 Å². The lowest BCUT2D eigenvalue weighted by atomic mass is 9.76. The summed E-state index contributed by atoms with van der Waals surface area (Å²) in [7, 11) is 0. The average molecular weight is 258 g/mol. The van der Waals surface area contributed by atoms with Crippen molar-refractivity contribution in [3.8, 4) is 5.75 Å². The van der Waals surface area contributed by atoms with Crippen LogP contribution in [0.2, 0.25) is 0 Å². The van der Waals surface area contributed by atoms with E-state index >= 15 is 0 Å². The van der Waals surface area contributed by atoms with E-state index in [-0.39, 0.29) is 17.5 Å². The second-order valence-corrected chi connectivity index (χ2v) is 6.10. The second-order valence-electron chi connectivity index (χ2n) is 6.10. The highest BCUT2D eigenvalue weighted by Crippen LogP contribution is 2.54. The lowest BCUT2D eigenvalue weighted by Crippen LogP contribution is -2.41. The molecule has 1 heterocycles. The standard InChI is InChI=1S/C16H18O3/c17-14-5-2-12(3-6-14)15-18-9-16(10-19-15)8-11-1-4-13(16)7-11/h1-6,11,13,15,17H,7-10H2/t11-,13-,15?,16?/m1/s1. The molecule has 100 valence electrons. The zero-order valence-corrected chi connectivity index (χ0v) is 10.8. The van der Waals surface area contributed by atoms with Crippen LogP contribution in [0.15, 0.2) is 36.4 Å². The van der Waals surface area contributed by atoms with Gasteiger partial charge in [-0.2, -0.15) is 0 Å². The van der Waals surface area contributed by atoms with Crippen molar-refractivity contribution in [3.05, 3.63) is 42.0 Å². The molecule has 4 rings (SSSR count). The molecule has 0 unspecified atom stereocenters. The predicted octanol–water partition coefficient (Wildman–Crippen LogP) is 3.02. The zero-order chi connectivity index (χ0) is 12.9. The highest BCUT2D eigenvalue weighted by Gasteiger charge is 2.51. The Morgan fingerprint density at radius 2 is 1.79 bits per heavy atom. The predicted molar refractivity (Wildman–Crippen MR) is 70.5 cm³/mol. The molecule has 2 bridgehead atoms. The summed E-state index contributed by atoms with van der Waals surface area (Å²) in [5.74, 6) is 1.65. The van der Waals surface area contributed by atoms with Crippen molar-refractivity contribution in [2.45, 2.75) is 19.1 Å². The molecule has 2 aliphatic carbocycles. The van der Waals surface area contributed by atoms with Gasteiger partial charge in [0, 0.05) is 11.0 Å². The van der Waals surface area contributed by atoms with Gasteiger partial charge in [-0.15, -0.1) is 0 Å². The molecule has 1 N–H and O–H groups in total. The molecule has 1 aliphatic heterocycles. The second kappa shape index (κ2) is 4.09. The lowest BCUT2D eigenvalue weighted by Gasteiger charge is -2.41. The molecule has 0 radical (unpaired) electrons. The van der Waals surface area contributed by atoms with Crippen molar-refractivity contribution < 1.29 is 14.6 Å². The van der Waals surface area contributed by atoms with Gasteiger partial charge in [0.15, 0.2) is 6.29 Å². The topological polar surface area (TPSA) is 38.7 Å². The van der Waals surface area contributed by atoms with Gasteiger partial charge in [-0.25, -0.2) is 0 Å². The molecule has 1 aromatic rings. The van der Waals surface area contributed by atoms with Gasteiger partial charge in [-0.3, -0.25) is 0 Å². The van der Waals surface area contributed by atoms with E-state index in [1.54, 1.807) is 12.1 Å². The fourth-order valence-corrected chi connectivity index (χ4v) is 3.78. The summed E-state index contributed by atoms with van der Waals surface area (Å²) in [6.07, 6.45) is 6.89. The van der Waals surface area contributed by atoms with Crippen LogP contribution in [0.3, 0.4) is 0 Å². The Morgan fingerprint density at radius 1 is 1.05 bits per heavy atom. The summed E-state index contributed by atoms with van der Waals surface area (Å²) < 4.78 is 11.9. The van der Waals surface area contributed by atoms with Gasteiger partial charge >= 0.3 is 0 Å². The third-order valence-corrected chi connectivity index (χ3v) is 4.84.